The number of hydrogen-bond donors (Lipinski definition) is 1. The van der Waals surface area contributed by atoms with Crippen molar-refractivity contribution in [2.75, 3.05) is 13.2 Å². The number of benzene rings is 1. The molecule has 0 fully saturated rings. The molecule has 0 radical (unpaired) electrons. The average Bonchev–Trinajstić information content (AvgIpc) is 2.38. The fourth-order valence-electron chi connectivity index (χ4n) is 1.52. The Morgan fingerprint density at radius 3 is 2.17 bits per heavy atom. The molecule has 1 aromatic rings. The first-order valence-corrected chi connectivity index (χ1v) is 7.85. The largest absolute Gasteiger partial charge is 0.386 e. The molecule has 0 aliphatic heterocycles. The molecule has 1 N–H and O–H groups in total. The van der Waals surface area contributed by atoms with E-state index in [-0.39, 0.29) is 13.2 Å². The van der Waals surface area contributed by atoms with E-state index in [1.165, 1.54) is 0 Å². The van der Waals surface area contributed by atoms with Crippen LogP contribution in [0.25, 0.3) is 0 Å². The lowest BCUT2D eigenvalue weighted by atomic mass is 10.1. The zero-order valence-corrected chi connectivity index (χ0v) is 12.1. The average molecular weight is 293 g/mol. The highest BCUT2D eigenvalue weighted by molar-refractivity contribution is 7.56. The summed E-state index contributed by atoms with van der Waals surface area (Å²) in [5.74, 6) is 0. The van der Waals surface area contributed by atoms with Gasteiger partial charge in [-0.2, -0.15) is 0 Å². The molecule has 0 bridgehead atoms. The fraction of sp³-hybridized carbons (Fsp3) is 0.500. The van der Waals surface area contributed by atoms with E-state index in [1.54, 1.807) is 38.1 Å². The first-order valence-electron chi connectivity index (χ1n) is 5.81. The van der Waals surface area contributed by atoms with Crippen molar-refractivity contribution in [2.24, 2.45) is 0 Å². The van der Waals surface area contributed by atoms with Crippen LogP contribution >= 0.6 is 19.2 Å². The lowest BCUT2D eigenvalue weighted by Crippen LogP contribution is -2.16. The summed E-state index contributed by atoms with van der Waals surface area (Å²) in [5.41, 5.74) is 0.581. The van der Waals surface area contributed by atoms with E-state index in [0.717, 1.165) is 0 Å². The quantitative estimate of drug-likeness (QED) is 0.617. The zero-order chi connectivity index (χ0) is 13.6. The summed E-state index contributed by atoms with van der Waals surface area (Å²) in [4.78, 5) is 0. The molecule has 0 aliphatic rings. The third-order valence-electron chi connectivity index (χ3n) is 2.32. The van der Waals surface area contributed by atoms with Crippen LogP contribution in [0.3, 0.4) is 0 Å². The van der Waals surface area contributed by atoms with Gasteiger partial charge in [0.25, 0.3) is 0 Å². The van der Waals surface area contributed by atoms with Crippen LogP contribution in [0.2, 0.25) is 0 Å². The Bertz CT molecular complexity index is 388. The van der Waals surface area contributed by atoms with Gasteiger partial charge in [-0.25, -0.2) is 0 Å². The summed E-state index contributed by atoms with van der Waals surface area (Å²) < 4.78 is 22.6. The minimum Gasteiger partial charge on any atom is -0.386 e. The van der Waals surface area contributed by atoms with Crippen molar-refractivity contribution in [3.8, 4) is 0 Å². The monoisotopic (exact) mass is 292 g/mol. The van der Waals surface area contributed by atoms with Crippen molar-refractivity contribution in [3.05, 3.63) is 35.9 Å². The fourth-order valence-corrected chi connectivity index (χ4v) is 3.60. The SMILES string of the molecule is CCOP(=O)(OCC)[C@H](Cl)[C@@H](O)c1ccccc1. The van der Waals surface area contributed by atoms with Gasteiger partial charge in [0.2, 0.25) is 0 Å². The van der Waals surface area contributed by atoms with Crippen LogP contribution in [0.15, 0.2) is 30.3 Å². The predicted molar refractivity (Wildman–Crippen MR) is 71.9 cm³/mol. The molecule has 0 spiro atoms. The van der Waals surface area contributed by atoms with Crippen LogP contribution in [-0.2, 0) is 13.6 Å². The molecule has 0 aromatic heterocycles. The summed E-state index contributed by atoms with van der Waals surface area (Å²) in [6.45, 7) is 3.82. The molecule has 0 amide bonds. The lowest BCUT2D eigenvalue weighted by Gasteiger charge is -2.25. The van der Waals surface area contributed by atoms with Crippen molar-refractivity contribution in [3.63, 3.8) is 0 Å². The van der Waals surface area contributed by atoms with Gasteiger partial charge in [0.05, 0.1) is 13.2 Å². The smallest absolute Gasteiger partial charge is 0.351 e. The van der Waals surface area contributed by atoms with Gasteiger partial charge in [0, 0.05) is 0 Å². The third kappa shape index (κ3) is 3.81. The molecule has 1 rings (SSSR count). The molecule has 102 valence electrons. The number of aliphatic hydroxyl groups is 1. The second kappa shape index (κ2) is 7.27. The zero-order valence-electron chi connectivity index (χ0n) is 10.5. The highest BCUT2D eigenvalue weighted by Gasteiger charge is 2.39. The van der Waals surface area contributed by atoms with Crippen molar-refractivity contribution in [1.82, 2.24) is 0 Å². The summed E-state index contributed by atoms with van der Waals surface area (Å²) in [5, 5.41) is 8.99. The number of halogens is 1. The van der Waals surface area contributed by atoms with Crippen molar-refractivity contribution < 1.29 is 18.7 Å². The van der Waals surface area contributed by atoms with Crippen molar-refractivity contribution >= 4 is 19.2 Å². The predicted octanol–water partition coefficient (Wildman–Crippen LogP) is 3.55. The molecule has 4 nitrogen and oxygen atoms in total. The van der Waals surface area contributed by atoms with Gasteiger partial charge in [0.1, 0.15) is 6.10 Å². The topological polar surface area (TPSA) is 55.8 Å². The maximum Gasteiger partial charge on any atom is 0.351 e. The summed E-state index contributed by atoms with van der Waals surface area (Å²) in [7, 11) is -3.52. The van der Waals surface area contributed by atoms with Crippen molar-refractivity contribution in [2.45, 2.75) is 25.1 Å². The van der Waals surface area contributed by atoms with E-state index >= 15 is 0 Å². The summed E-state index contributed by atoms with van der Waals surface area (Å²) >= 11 is 6.07. The van der Waals surface area contributed by atoms with Gasteiger partial charge < -0.3 is 14.2 Å². The number of alkyl halides is 1. The van der Waals surface area contributed by atoms with Crippen LogP contribution in [0.4, 0.5) is 0 Å². The lowest BCUT2D eigenvalue weighted by molar-refractivity contribution is 0.160. The third-order valence-corrected chi connectivity index (χ3v) is 5.40. The number of aliphatic hydroxyl groups excluding tert-OH is 1. The minimum absolute atomic E-state index is 0.210. The van der Waals surface area contributed by atoms with E-state index in [0.29, 0.717) is 5.56 Å². The van der Waals surface area contributed by atoms with Crippen molar-refractivity contribution in [1.29, 1.82) is 0 Å². The Morgan fingerprint density at radius 1 is 1.22 bits per heavy atom. The Hall–Kier alpha value is -0.380. The van der Waals surface area contributed by atoms with Gasteiger partial charge in [-0.05, 0) is 19.4 Å². The molecule has 1 aromatic carbocycles. The molecule has 6 heteroatoms. The molecule has 2 atom stereocenters. The highest BCUT2D eigenvalue weighted by atomic mass is 35.5. The van der Waals surface area contributed by atoms with Gasteiger partial charge in [-0.3, -0.25) is 4.57 Å². The Morgan fingerprint density at radius 2 is 1.72 bits per heavy atom. The highest BCUT2D eigenvalue weighted by Crippen LogP contribution is 2.58. The molecular weight excluding hydrogens is 275 g/mol. The molecule has 0 saturated heterocycles. The van der Waals surface area contributed by atoms with E-state index in [2.05, 4.69) is 0 Å². The molecule has 0 unspecified atom stereocenters. The normalized spacial score (nSPS) is 15.3. The second-order valence-corrected chi connectivity index (χ2v) is 6.53. The van der Waals surface area contributed by atoms with Gasteiger partial charge >= 0.3 is 7.60 Å². The molecular formula is C12H18ClO4P. The summed E-state index contributed by atoms with van der Waals surface area (Å²) in [6.07, 6.45) is -1.10. The number of hydrogen-bond acceptors (Lipinski definition) is 4. The maximum atomic E-state index is 12.4. The van der Waals surface area contributed by atoms with Gasteiger partial charge in [0.15, 0.2) is 5.12 Å². The van der Waals surface area contributed by atoms with Crippen LogP contribution in [-0.4, -0.2) is 23.4 Å². The van der Waals surface area contributed by atoms with E-state index in [1.807, 2.05) is 6.07 Å². The van der Waals surface area contributed by atoms with Gasteiger partial charge in [-0.15, -0.1) is 11.6 Å². The van der Waals surface area contributed by atoms with E-state index in [9.17, 15) is 9.67 Å². The minimum atomic E-state index is -3.52. The van der Waals surface area contributed by atoms with E-state index in [4.69, 9.17) is 20.6 Å². The van der Waals surface area contributed by atoms with Crippen LogP contribution in [0.5, 0.6) is 0 Å². The Balaban J connectivity index is 2.89. The van der Waals surface area contributed by atoms with Crippen LogP contribution in [0, 0.1) is 0 Å². The van der Waals surface area contributed by atoms with Crippen LogP contribution < -0.4 is 0 Å². The summed E-state index contributed by atoms with van der Waals surface area (Å²) in [6, 6.07) is 8.79. The van der Waals surface area contributed by atoms with Crippen LogP contribution in [0.1, 0.15) is 25.5 Å². The number of rotatable bonds is 7. The van der Waals surface area contributed by atoms with Gasteiger partial charge in [-0.1, -0.05) is 30.3 Å². The Kier molecular flexibility index (Phi) is 6.33. The Labute approximate surface area is 112 Å². The second-order valence-electron chi connectivity index (χ2n) is 3.60. The standard InChI is InChI=1S/C12H18ClO4P/c1-3-16-18(15,17-4-2)12(13)11(14)10-8-6-5-7-9-10/h5-9,11-12,14H,3-4H2,1-2H3/t11-,12-/m0/s1. The first kappa shape index (κ1) is 15.7. The first-order chi connectivity index (χ1) is 8.55. The van der Waals surface area contributed by atoms with E-state index < -0.39 is 18.8 Å². The molecule has 0 heterocycles. The molecule has 0 aliphatic carbocycles. The molecule has 0 saturated carbocycles. The molecule has 18 heavy (non-hydrogen) atoms. The maximum absolute atomic E-state index is 12.4.